The van der Waals surface area contributed by atoms with Crippen LogP contribution in [-0.2, 0) is 0 Å². The molecule has 2 fully saturated rings. The molecule has 2 saturated heterocycles. The van der Waals surface area contributed by atoms with Gasteiger partial charge in [0.25, 0.3) is 0 Å². The minimum atomic E-state index is -0.118. The van der Waals surface area contributed by atoms with Crippen LogP contribution in [0.4, 0.5) is 0 Å². The molecule has 0 spiro atoms. The number of hydrogen-bond acceptors (Lipinski definition) is 4. The van der Waals surface area contributed by atoms with E-state index < -0.39 is 0 Å². The molecule has 17 heavy (non-hydrogen) atoms. The second-order valence-electron chi connectivity index (χ2n) is 5.85. The lowest BCUT2D eigenvalue weighted by Gasteiger charge is -2.39. The maximum atomic E-state index is 9.38. The van der Waals surface area contributed by atoms with Crippen LogP contribution >= 0.6 is 0 Å². The van der Waals surface area contributed by atoms with E-state index in [9.17, 15) is 5.11 Å². The summed E-state index contributed by atoms with van der Waals surface area (Å²) in [6.07, 6.45) is 3.77. The van der Waals surface area contributed by atoms with Gasteiger partial charge in [-0.05, 0) is 39.8 Å². The number of aliphatic hydroxyl groups excluding tert-OH is 1. The second-order valence-corrected chi connectivity index (χ2v) is 5.85. The molecule has 2 aliphatic rings. The number of piperazine rings is 1. The van der Waals surface area contributed by atoms with Crippen molar-refractivity contribution in [2.24, 2.45) is 0 Å². The lowest BCUT2D eigenvalue weighted by Crippen LogP contribution is -2.52. The summed E-state index contributed by atoms with van der Waals surface area (Å²) in [5.41, 5.74) is -0.118. The first-order chi connectivity index (χ1) is 8.17. The molecule has 0 aromatic rings. The van der Waals surface area contributed by atoms with E-state index in [1.54, 1.807) is 0 Å². The van der Waals surface area contributed by atoms with Gasteiger partial charge in [0.15, 0.2) is 0 Å². The number of fused-ring (bicyclic) bond motifs is 1. The van der Waals surface area contributed by atoms with Crippen LogP contribution in [-0.4, -0.2) is 72.9 Å². The fourth-order valence-corrected chi connectivity index (χ4v) is 2.95. The standard InChI is InChI=1S/C13H27N3O/c1-13(11-17,14-2)5-7-15-8-9-16-6-3-4-12(16)10-15/h12,14,17H,3-11H2,1-2H3. The summed E-state index contributed by atoms with van der Waals surface area (Å²) in [5, 5.41) is 12.6. The third-order valence-corrected chi connectivity index (χ3v) is 4.60. The Morgan fingerprint density at radius 2 is 2.18 bits per heavy atom. The molecule has 0 aromatic heterocycles. The van der Waals surface area contributed by atoms with Gasteiger partial charge in [0.05, 0.1) is 6.61 Å². The monoisotopic (exact) mass is 241 g/mol. The molecule has 2 rings (SSSR count). The van der Waals surface area contributed by atoms with Crippen LogP contribution in [0.25, 0.3) is 0 Å². The van der Waals surface area contributed by atoms with Gasteiger partial charge in [-0.1, -0.05) is 0 Å². The molecule has 4 heteroatoms. The van der Waals surface area contributed by atoms with E-state index >= 15 is 0 Å². The van der Waals surface area contributed by atoms with E-state index in [0.29, 0.717) is 0 Å². The largest absolute Gasteiger partial charge is 0.394 e. The molecule has 0 saturated carbocycles. The first-order valence-corrected chi connectivity index (χ1v) is 6.93. The Labute approximate surface area is 105 Å². The summed E-state index contributed by atoms with van der Waals surface area (Å²) in [5.74, 6) is 0. The molecule has 0 aliphatic carbocycles. The number of rotatable bonds is 5. The number of hydrogen-bond donors (Lipinski definition) is 2. The van der Waals surface area contributed by atoms with Gasteiger partial charge in [-0.25, -0.2) is 0 Å². The van der Waals surface area contributed by atoms with E-state index in [-0.39, 0.29) is 12.1 Å². The highest BCUT2D eigenvalue weighted by Gasteiger charge is 2.31. The molecule has 4 nitrogen and oxygen atoms in total. The summed E-state index contributed by atoms with van der Waals surface area (Å²) in [4.78, 5) is 5.21. The van der Waals surface area contributed by atoms with Gasteiger partial charge in [-0.2, -0.15) is 0 Å². The molecule has 2 heterocycles. The lowest BCUT2D eigenvalue weighted by atomic mass is 9.98. The van der Waals surface area contributed by atoms with Crippen molar-refractivity contribution in [1.82, 2.24) is 15.1 Å². The average Bonchev–Trinajstić information content (AvgIpc) is 2.83. The fraction of sp³-hybridized carbons (Fsp3) is 1.00. The smallest absolute Gasteiger partial charge is 0.0610 e. The van der Waals surface area contributed by atoms with Crippen LogP contribution in [0.15, 0.2) is 0 Å². The molecule has 0 bridgehead atoms. The minimum absolute atomic E-state index is 0.118. The summed E-state index contributed by atoms with van der Waals surface area (Å²) < 4.78 is 0. The molecular formula is C13H27N3O. The van der Waals surface area contributed by atoms with Crippen molar-refractivity contribution in [3.63, 3.8) is 0 Å². The molecule has 0 radical (unpaired) electrons. The van der Waals surface area contributed by atoms with E-state index in [0.717, 1.165) is 19.0 Å². The Morgan fingerprint density at radius 3 is 2.88 bits per heavy atom. The SMILES string of the molecule is CNC(C)(CO)CCN1CCN2CCCC2C1. The van der Waals surface area contributed by atoms with Crippen LogP contribution in [0.1, 0.15) is 26.2 Å². The predicted molar refractivity (Wildman–Crippen MR) is 70.2 cm³/mol. The van der Waals surface area contributed by atoms with Crippen LogP contribution < -0.4 is 5.32 Å². The van der Waals surface area contributed by atoms with E-state index in [1.807, 2.05) is 7.05 Å². The van der Waals surface area contributed by atoms with E-state index in [1.165, 1.54) is 39.0 Å². The Bertz CT molecular complexity index is 243. The topological polar surface area (TPSA) is 38.7 Å². The Morgan fingerprint density at radius 1 is 1.35 bits per heavy atom. The highest BCUT2D eigenvalue weighted by molar-refractivity contribution is 4.88. The van der Waals surface area contributed by atoms with E-state index in [2.05, 4.69) is 22.0 Å². The number of nitrogens with zero attached hydrogens (tertiary/aromatic N) is 2. The number of aliphatic hydroxyl groups is 1. The highest BCUT2D eigenvalue weighted by atomic mass is 16.3. The Hall–Kier alpha value is -0.160. The molecule has 2 N–H and O–H groups in total. The van der Waals surface area contributed by atoms with Gasteiger partial charge in [0.1, 0.15) is 0 Å². The van der Waals surface area contributed by atoms with Crippen LogP contribution in [0.5, 0.6) is 0 Å². The van der Waals surface area contributed by atoms with Crippen molar-refractivity contribution in [3.05, 3.63) is 0 Å². The van der Waals surface area contributed by atoms with Crippen molar-refractivity contribution in [2.45, 2.75) is 37.8 Å². The summed E-state index contributed by atoms with van der Waals surface area (Å²) in [6, 6.07) is 0.804. The van der Waals surface area contributed by atoms with Gasteiger partial charge in [0, 0.05) is 37.8 Å². The maximum absolute atomic E-state index is 9.38. The maximum Gasteiger partial charge on any atom is 0.0610 e. The zero-order chi connectivity index (χ0) is 12.3. The third-order valence-electron chi connectivity index (χ3n) is 4.60. The average molecular weight is 241 g/mol. The van der Waals surface area contributed by atoms with Gasteiger partial charge in [0.2, 0.25) is 0 Å². The summed E-state index contributed by atoms with van der Waals surface area (Å²) in [7, 11) is 1.94. The van der Waals surface area contributed by atoms with E-state index in [4.69, 9.17) is 0 Å². The molecule has 0 amide bonds. The lowest BCUT2D eigenvalue weighted by molar-refractivity contribution is 0.0879. The molecule has 2 unspecified atom stereocenters. The minimum Gasteiger partial charge on any atom is -0.394 e. The first kappa shape index (κ1) is 13.3. The quantitative estimate of drug-likeness (QED) is 0.717. The molecular weight excluding hydrogens is 214 g/mol. The number of nitrogens with one attached hydrogen (secondary N) is 1. The van der Waals surface area contributed by atoms with Crippen LogP contribution in [0, 0.1) is 0 Å². The van der Waals surface area contributed by atoms with Gasteiger partial charge in [-0.15, -0.1) is 0 Å². The van der Waals surface area contributed by atoms with Gasteiger partial charge >= 0.3 is 0 Å². The van der Waals surface area contributed by atoms with Gasteiger partial charge in [-0.3, -0.25) is 4.90 Å². The zero-order valence-electron chi connectivity index (χ0n) is 11.3. The molecule has 2 aliphatic heterocycles. The third kappa shape index (κ3) is 3.19. The van der Waals surface area contributed by atoms with Crippen molar-refractivity contribution >= 4 is 0 Å². The van der Waals surface area contributed by atoms with Crippen LogP contribution in [0.3, 0.4) is 0 Å². The summed E-state index contributed by atoms with van der Waals surface area (Å²) >= 11 is 0. The summed E-state index contributed by atoms with van der Waals surface area (Å²) in [6.45, 7) is 8.38. The molecule has 100 valence electrons. The van der Waals surface area contributed by atoms with Crippen molar-refractivity contribution < 1.29 is 5.11 Å². The predicted octanol–water partition coefficient (Wildman–Crippen LogP) is 0.127. The molecule has 0 aromatic carbocycles. The molecule has 2 atom stereocenters. The highest BCUT2D eigenvalue weighted by Crippen LogP contribution is 2.22. The first-order valence-electron chi connectivity index (χ1n) is 6.93. The van der Waals surface area contributed by atoms with Crippen molar-refractivity contribution in [2.75, 3.05) is 46.4 Å². The van der Waals surface area contributed by atoms with Crippen molar-refractivity contribution in [1.29, 1.82) is 0 Å². The number of likely N-dealkylation sites (N-methyl/N-ethyl adjacent to an activating group) is 1. The Balaban J connectivity index is 1.76. The normalized spacial score (nSPS) is 30.2. The Kier molecular flexibility index (Phi) is 4.42. The van der Waals surface area contributed by atoms with Gasteiger partial charge < -0.3 is 15.3 Å². The van der Waals surface area contributed by atoms with Crippen molar-refractivity contribution in [3.8, 4) is 0 Å². The van der Waals surface area contributed by atoms with Crippen LogP contribution in [0.2, 0.25) is 0 Å². The fourth-order valence-electron chi connectivity index (χ4n) is 2.95. The zero-order valence-corrected chi connectivity index (χ0v) is 11.3. The second kappa shape index (κ2) is 5.65.